The summed E-state index contributed by atoms with van der Waals surface area (Å²) in [5, 5.41) is 9.13. The lowest BCUT2D eigenvalue weighted by Gasteiger charge is -2.21. The summed E-state index contributed by atoms with van der Waals surface area (Å²) in [6, 6.07) is 41.3. The molecule has 6 aromatic rings. The third-order valence-corrected chi connectivity index (χ3v) is 11.1. The van der Waals surface area contributed by atoms with Crippen LogP contribution in [0.1, 0.15) is 48.6 Å². The summed E-state index contributed by atoms with van der Waals surface area (Å²) in [5.74, 6) is 0. The zero-order valence-electron chi connectivity index (χ0n) is 34.9. The second-order valence-electron chi connectivity index (χ2n) is 14.8. The molecule has 4 nitrogen and oxygen atoms in total. The molecule has 8 rings (SSSR count). The summed E-state index contributed by atoms with van der Waals surface area (Å²) in [6.07, 6.45) is 23.3. The van der Waals surface area contributed by atoms with Crippen molar-refractivity contribution in [1.29, 1.82) is 0 Å². The van der Waals surface area contributed by atoms with Crippen LogP contribution in [-0.2, 0) is 0 Å². The number of hydrogen-bond donors (Lipinski definition) is 2. The summed E-state index contributed by atoms with van der Waals surface area (Å²) < 4.78 is 2.35. The van der Waals surface area contributed by atoms with E-state index in [0.717, 1.165) is 34.6 Å². The third-order valence-electron chi connectivity index (χ3n) is 11.1. The van der Waals surface area contributed by atoms with Gasteiger partial charge in [0.25, 0.3) is 0 Å². The second-order valence-corrected chi connectivity index (χ2v) is 14.8. The summed E-state index contributed by atoms with van der Waals surface area (Å²) >= 11 is 0. The Morgan fingerprint density at radius 1 is 0.797 bits per heavy atom. The van der Waals surface area contributed by atoms with E-state index in [2.05, 4.69) is 231 Å². The van der Waals surface area contributed by atoms with Crippen molar-refractivity contribution < 1.29 is 0 Å². The Bertz CT molecular complexity index is 2730. The molecular weight excluding hydrogens is 717 g/mol. The summed E-state index contributed by atoms with van der Waals surface area (Å²) in [4.78, 5) is 2.16. The number of rotatable bonds is 8. The molecule has 2 N–H and O–H groups in total. The highest BCUT2D eigenvalue weighted by Gasteiger charge is 2.16. The van der Waals surface area contributed by atoms with E-state index in [1.165, 1.54) is 60.9 Å². The van der Waals surface area contributed by atoms with Crippen LogP contribution >= 0.6 is 0 Å². The van der Waals surface area contributed by atoms with E-state index < -0.39 is 0 Å². The van der Waals surface area contributed by atoms with Gasteiger partial charge in [-0.1, -0.05) is 122 Å². The van der Waals surface area contributed by atoms with E-state index in [1.54, 1.807) is 0 Å². The molecule has 3 heterocycles. The summed E-state index contributed by atoms with van der Waals surface area (Å²) in [5.41, 5.74) is 16.6. The van der Waals surface area contributed by atoms with Gasteiger partial charge < -0.3 is 14.8 Å². The molecule has 0 saturated heterocycles. The Morgan fingerprint density at radius 3 is 2.29 bits per heavy atom. The lowest BCUT2D eigenvalue weighted by Crippen LogP contribution is -2.38. The van der Waals surface area contributed by atoms with Crippen LogP contribution in [0.4, 0.5) is 5.69 Å². The number of hydrogen-bond acceptors (Lipinski definition) is 3. The van der Waals surface area contributed by atoms with Gasteiger partial charge in [-0.25, -0.2) is 0 Å². The maximum atomic E-state index is 4.38. The first-order valence-corrected chi connectivity index (χ1v) is 20.4. The molecule has 1 atom stereocenters. The van der Waals surface area contributed by atoms with E-state index in [-0.39, 0.29) is 6.04 Å². The van der Waals surface area contributed by atoms with Gasteiger partial charge in [0, 0.05) is 41.0 Å². The predicted molar refractivity (Wildman–Crippen MR) is 257 cm³/mol. The maximum Gasteiger partial charge on any atom is 0.0655 e. The van der Waals surface area contributed by atoms with Crippen LogP contribution in [0.15, 0.2) is 201 Å². The Kier molecular flexibility index (Phi) is 12.7. The molecule has 4 heteroatoms. The van der Waals surface area contributed by atoms with Gasteiger partial charge in [-0.3, -0.25) is 5.32 Å². The van der Waals surface area contributed by atoms with Crippen molar-refractivity contribution in [2.45, 2.75) is 33.7 Å². The van der Waals surface area contributed by atoms with E-state index in [0.29, 0.717) is 0 Å². The lowest BCUT2D eigenvalue weighted by molar-refractivity contribution is 0.595. The second kappa shape index (κ2) is 18.6. The number of nitrogens with one attached hydrogen (secondary N) is 2. The van der Waals surface area contributed by atoms with Gasteiger partial charge in [-0.2, -0.15) is 0 Å². The highest BCUT2D eigenvalue weighted by molar-refractivity contribution is 6.10. The molecule has 0 amide bonds. The van der Waals surface area contributed by atoms with Gasteiger partial charge in [0.05, 0.1) is 23.7 Å². The monoisotopic (exact) mass is 770 g/mol. The molecule has 5 aromatic carbocycles. The van der Waals surface area contributed by atoms with Crippen LogP contribution < -0.4 is 15.5 Å². The standard InChI is InChI=1S/C31H24N2.C24H30N2/c1-22-20-24(18-19-32(2)29-14-8-6-12-26(22)29)23-16-17-31-28(21-23)27-13-7-9-15-30(27)33(31)25-10-4-3-5-11-25;1-6-10-19(7-2)22-11-12-23(18(5)15-22)20(8-3)16-21(9-4)24-13-14-25-17-26-24/h3-21H,1H2,2H3;6-16,24-26H,3,17H2,1-2,4-5H3/b19-18-,24-20+;10-6-,19-7+,20-16+,21-9+. The van der Waals surface area contributed by atoms with Gasteiger partial charge in [0.1, 0.15) is 0 Å². The molecule has 0 fully saturated rings. The Hall–Kier alpha value is -6.88. The largest absolute Gasteiger partial charge is 0.379 e. The highest BCUT2D eigenvalue weighted by Crippen LogP contribution is 2.36. The topological polar surface area (TPSA) is 32.2 Å². The third kappa shape index (κ3) is 8.69. The fourth-order valence-electron chi connectivity index (χ4n) is 8.00. The Labute approximate surface area is 350 Å². The van der Waals surface area contributed by atoms with Gasteiger partial charge in [-0.05, 0) is 145 Å². The molecule has 0 spiro atoms. The molecule has 294 valence electrons. The Balaban J connectivity index is 0.000000185. The summed E-state index contributed by atoms with van der Waals surface area (Å²) in [6.45, 7) is 17.6. The quantitative estimate of drug-likeness (QED) is 0.151. The van der Waals surface area contributed by atoms with Crippen LogP contribution in [0.2, 0.25) is 0 Å². The molecular formula is C55H54N4. The van der Waals surface area contributed by atoms with Crippen molar-refractivity contribution in [2.24, 2.45) is 0 Å². The molecule has 0 bridgehead atoms. The van der Waals surface area contributed by atoms with Gasteiger partial charge in [0.2, 0.25) is 0 Å². The zero-order chi connectivity index (χ0) is 41.3. The average molecular weight is 771 g/mol. The normalized spacial score (nSPS) is 17.4. The van der Waals surface area contributed by atoms with Gasteiger partial charge >= 0.3 is 0 Å². The molecule has 0 saturated carbocycles. The van der Waals surface area contributed by atoms with Gasteiger partial charge in [0.15, 0.2) is 0 Å². The van der Waals surface area contributed by atoms with Crippen LogP contribution in [0.25, 0.3) is 49.8 Å². The SMILES string of the molecule is C=C/C(=C\C(=C/C)C1C=CNCN1)c1ccc(C(/C=C\C)=C/C)cc1C.C=C1/C=C(c2ccc3c(c2)c2ccccc2n3-c2ccccc2)\C=C/N(C)c2ccccc21. The minimum absolute atomic E-state index is 0.222. The van der Waals surface area contributed by atoms with E-state index in [4.69, 9.17) is 0 Å². The van der Waals surface area contributed by atoms with Crippen molar-refractivity contribution in [2.75, 3.05) is 18.6 Å². The zero-order valence-corrected chi connectivity index (χ0v) is 34.9. The minimum Gasteiger partial charge on any atom is -0.379 e. The first-order valence-electron chi connectivity index (χ1n) is 20.4. The molecule has 0 aliphatic carbocycles. The lowest BCUT2D eigenvalue weighted by atomic mass is 9.93. The molecule has 0 radical (unpaired) electrons. The average Bonchev–Trinajstić information content (AvgIpc) is 3.61. The fourth-order valence-corrected chi connectivity index (χ4v) is 8.00. The van der Waals surface area contributed by atoms with Crippen LogP contribution in [-0.4, -0.2) is 24.3 Å². The van der Waals surface area contributed by atoms with Crippen LogP contribution in [0.5, 0.6) is 0 Å². The maximum absolute atomic E-state index is 4.38. The van der Waals surface area contributed by atoms with Crippen LogP contribution in [0.3, 0.4) is 0 Å². The van der Waals surface area contributed by atoms with Crippen molar-refractivity contribution in [1.82, 2.24) is 15.2 Å². The first-order chi connectivity index (χ1) is 28.8. The van der Waals surface area contributed by atoms with E-state index >= 15 is 0 Å². The predicted octanol–water partition coefficient (Wildman–Crippen LogP) is 13.4. The number of allylic oxidation sites excluding steroid dienone is 11. The number of anilines is 1. The van der Waals surface area contributed by atoms with Crippen molar-refractivity contribution in [3.05, 3.63) is 229 Å². The number of nitrogens with zero attached hydrogens (tertiary/aromatic N) is 2. The number of aryl methyl sites for hydroxylation is 1. The fraction of sp³-hybridized carbons (Fsp3) is 0.127. The number of para-hydroxylation sites is 3. The smallest absolute Gasteiger partial charge is 0.0655 e. The number of aromatic nitrogens is 1. The molecule has 2 aliphatic heterocycles. The van der Waals surface area contributed by atoms with Crippen molar-refractivity contribution >= 4 is 49.8 Å². The summed E-state index contributed by atoms with van der Waals surface area (Å²) in [7, 11) is 2.09. The van der Waals surface area contributed by atoms with E-state index in [9.17, 15) is 0 Å². The number of fused-ring (bicyclic) bond motifs is 4. The van der Waals surface area contributed by atoms with E-state index in [1.807, 2.05) is 19.2 Å². The number of benzene rings is 5. The van der Waals surface area contributed by atoms with Gasteiger partial charge in [-0.15, -0.1) is 0 Å². The van der Waals surface area contributed by atoms with Crippen LogP contribution in [0, 0.1) is 6.92 Å². The molecule has 1 aromatic heterocycles. The Morgan fingerprint density at radius 2 is 1.56 bits per heavy atom. The van der Waals surface area contributed by atoms with Crippen molar-refractivity contribution in [3.8, 4) is 5.69 Å². The molecule has 1 unspecified atom stereocenters. The first kappa shape index (κ1) is 40.3. The highest BCUT2D eigenvalue weighted by atomic mass is 15.1. The minimum atomic E-state index is 0.222. The molecule has 2 aliphatic rings. The van der Waals surface area contributed by atoms with Crippen molar-refractivity contribution in [3.63, 3.8) is 0 Å². The molecule has 59 heavy (non-hydrogen) atoms.